The van der Waals surface area contributed by atoms with Crippen molar-refractivity contribution in [3.05, 3.63) is 199 Å². The van der Waals surface area contributed by atoms with E-state index >= 15 is 0 Å². The number of hydrogen-bond donors (Lipinski definition) is 2. The van der Waals surface area contributed by atoms with Crippen LogP contribution in [0, 0.1) is 0 Å². The van der Waals surface area contributed by atoms with Gasteiger partial charge in [0, 0.05) is 50.0 Å². The molecule has 0 saturated heterocycles. The van der Waals surface area contributed by atoms with Crippen LogP contribution in [0.4, 0.5) is 17.1 Å². The molecule has 10 aromatic rings. The van der Waals surface area contributed by atoms with Crippen LogP contribution < -0.4 is 4.90 Å². The average molecular weight is 740 g/mol. The maximum Gasteiger partial charge on any atom is 0.335 e. The second kappa shape index (κ2) is 13.4. The molecule has 2 heterocycles. The van der Waals surface area contributed by atoms with Gasteiger partial charge in [-0.25, -0.2) is 9.59 Å². The predicted octanol–water partition coefficient (Wildman–Crippen LogP) is 12.4. The smallest absolute Gasteiger partial charge is 0.335 e. The normalized spacial score (nSPS) is 11.4. The van der Waals surface area contributed by atoms with E-state index in [4.69, 9.17) is 0 Å². The first-order valence-electron chi connectivity index (χ1n) is 18.6. The fourth-order valence-corrected chi connectivity index (χ4v) is 8.14. The molecule has 0 saturated carbocycles. The number of nitrogens with zero attached hydrogens (tertiary/aromatic N) is 3. The number of para-hydroxylation sites is 2. The number of rotatable bonds is 8. The molecule has 57 heavy (non-hydrogen) atoms. The summed E-state index contributed by atoms with van der Waals surface area (Å²) in [7, 11) is 0. The summed E-state index contributed by atoms with van der Waals surface area (Å²) in [6.45, 7) is 0. The highest BCUT2D eigenvalue weighted by atomic mass is 16.4. The molecule has 0 unspecified atom stereocenters. The molecule has 2 N–H and O–H groups in total. The summed E-state index contributed by atoms with van der Waals surface area (Å²) < 4.78 is 4.37. The van der Waals surface area contributed by atoms with Crippen LogP contribution in [0.1, 0.15) is 20.7 Å². The molecule has 10 rings (SSSR count). The number of carbonyl (C=O) groups is 2. The number of fused-ring (bicyclic) bond motifs is 6. The average Bonchev–Trinajstić information content (AvgIpc) is 3.77. The Morgan fingerprint density at radius 2 is 0.754 bits per heavy atom. The first-order chi connectivity index (χ1) is 27.9. The Labute approximate surface area is 327 Å². The third-order valence-electron chi connectivity index (χ3n) is 10.8. The summed E-state index contributed by atoms with van der Waals surface area (Å²) in [5.74, 6) is -1.91. The number of carboxylic acids is 2. The highest BCUT2D eigenvalue weighted by Gasteiger charge is 2.20. The first-order valence-corrected chi connectivity index (χ1v) is 18.6. The van der Waals surface area contributed by atoms with Crippen LogP contribution in [0.15, 0.2) is 188 Å². The van der Waals surface area contributed by atoms with Crippen molar-refractivity contribution in [2.45, 2.75) is 0 Å². The molecule has 0 fully saturated rings. The number of hydrogen-bond acceptors (Lipinski definition) is 3. The van der Waals surface area contributed by atoms with Crippen molar-refractivity contribution in [1.29, 1.82) is 0 Å². The lowest BCUT2D eigenvalue weighted by Gasteiger charge is -2.26. The summed E-state index contributed by atoms with van der Waals surface area (Å²) in [5.41, 5.74) is 11.5. The topological polar surface area (TPSA) is 87.7 Å². The van der Waals surface area contributed by atoms with Gasteiger partial charge >= 0.3 is 11.9 Å². The summed E-state index contributed by atoms with van der Waals surface area (Å²) in [5, 5.41) is 23.4. The zero-order valence-corrected chi connectivity index (χ0v) is 30.5. The third kappa shape index (κ3) is 5.68. The standard InChI is InChI=1S/C50H33N3O4/c54-49(55)34-16-22-37(23-17-34)52-45-12-6-4-10-41(45)43-30-39(26-28-47(43)52)51(36-20-14-33(15-21-36)32-8-2-1-3-9-32)40-27-29-48-44(31-40)42-11-5-7-13-46(42)53(48)38-24-18-35(19-25-38)50(56)57/h1-31H,(H,54,55)(H,56,57). The van der Waals surface area contributed by atoms with Gasteiger partial charge in [0.1, 0.15) is 0 Å². The SMILES string of the molecule is O=C(O)c1ccc(-n2c3ccccc3c3cc(N(c4ccc(-c5ccccc5)cc4)c4ccc5c(c4)c4ccccc4n5-c4ccc(C(=O)O)cc4)ccc32)cc1. The maximum atomic E-state index is 11.7. The van der Waals surface area contributed by atoms with Crippen LogP contribution in [0.2, 0.25) is 0 Å². The quantitative estimate of drug-likeness (QED) is 0.162. The molecule has 272 valence electrons. The van der Waals surface area contributed by atoms with E-state index in [1.54, 1.807) is 24.3 Å². The van der Waals surface area contributed by atoms with E-state index in [9.17, 15) is 19.8 Å². The first kappa shape index (κ1) is 33.7. The van der Waals surface area contributed by atoms with Gasteiger partial charge in [-0.05, 0) is 120 Å². The largest absolute Gasteiger partial charge is 0.478 e. The highest BCUT2D eigenvalue weighted by molar-refractivity contribution is 6.12. The molecule has 8 aromatic carbocycles. The van der Waals surface area contributed by atoms with Crippen LogP contribution in [0.25, 0.3) is 66.1 Å². The minimum Gasteiger partial charge on any atom is -0.478 e. The van der Waals surface area contributed by atoms with Gasteiger partial charge in [-0.15, -0.1) is 0 Å². The van der Waals surface area contributed by atoms with Crippen LogP contribution in [-0.4, -0.2) is 31.3 Å². The number of anilines is 3. The molecule has 0 spiro atoms. The Hall–Kier alpha value is -7.90. The zero-order chi connectivity index (χ0) is 38.6. The van der Waals surface area contributed by atoms with E-state index < -0.39 is 11.9 Å². The second-order valence-electron chi connectivity index (χ2n) is 14.1. The maximum absolute atomic E-state index is 11.7. The van der Waals surface area contributed by atoms with E-state index in [-0.39, 0.29) is 11.1 Å². The lowest BCUT2D eigenvalue weighted by atomic mass is 10.0. The van der Waals surface area contributed by atoms with Crippen molar-refractivity contribution < 1.29 is 19.8 Å². The lowest BCUT2D eigenvalue weighted by molar-refractivity contribution is 0.0686. The molecule has 0 aliphatic carbocycles. The minimum absolute atomic E-state index is 0.243. The van der Waals surface area contributed by atoms with Crippen LogP contribution in [-0.2, 0) is 0 Å². The van der Waals surface area contributed by atoms with Gasteiger partial charge in [-0.2, -0.15) is 0 Å². The lowest BCUT2D eigenvalue weighted by Crippen LogP contribution is -2.10. The summed E-state index contributed by atoms with van der Waals surface area (Å²) in [6.07, 6.45) is 0. The zero-order valence-electron chi connectivity index (χ0n) is 30.5. The fraction of sp³-hybridized carbons (Fsp3) is 0. The van der Waals surface area contributed by atoms with Gasteiger partial charge in [0.15, 0.2) is 0 Å². The van der Waals surface area contributed by atoms with Crippen molar-refractivity contribution >= 4 is 72.6 Å². The van der Waals surface area contributed by atoms with Crippen molar-refractivity contribution in [3.63, 3.8) is 0 Å². The molecule has 0 amide bonds. The van der Waals surface area contributed by atoms with Crippen LogP contribution in [0.3, 0.4) is 0 Å². The van der Waals surface area contributed by atoms with Crippen molar-refractivity contribution in [2.75, 3.05) is 4.90 Å². The van der Waals surface area contributed by atoms with Crippen molar-refractivity contribution in [1.82, 2.24) is 9.13 Å². The van der Waals surface area contributed by atoms with Gasteiger partial charge in [0.05, 0.1) is 33.2 Å². The van der Waals surface area contributed by atoms with Crippen LogP contribution in [0.5, 0.6) is 0 Å². The van der Waals surface area contributed by atoms with E-state index in [0.717, 1.165) is 83.2 Å². The molecule has 2 aromatic heterocycles. The number of aromatic carboxylic acids is 2. The Morgan fingerprint density at radius 3 is 1.21 bits per heavy atom. The van der Waals surface area contributed by atoms with Gasteiger partial charge in [0.2, 0.25) is 0 Å². The molecule has 0 aliphatic heterocycles. The summed E-state index contributed by atoms with van der Waals surface area (Å²) in [4.78, 5) is 25.6. The van der Waals surface area contributed by atoms with Crippen molar-refractivity contribution in [2.24, 2.45) is 0 Å². The highest BCUT2D eigenvalue weighted by Crippen LogP contribution is 2.42. The predicted molar refractivity (Wildman–Crippen MR) is 229 cm³/mol. The molecular formula is C50H33N3O4. The summed E-state index contributed by atoms with van der Waals surface area (Å²) >= 11 is 0. The van der Waals surface area contributed by atoms with Gasteiger partial charge in [0.25, 0.3) is 0 Å². The number of benzene rings is 8. The molecular weight excluding hydrogens is 707 g/mol. The summed E-state index contributed by atoms with van der Waals surface area (Å²) in [6, 6.07) is 62.7. The molecule has 7 heteroatoms. The van der Waals surface area contributed by atoms with Gasteiger partial charge in [-0.3, -0.25) is 0 Å². The van der Waals surface area contributed by atoms with E-state index in [1.807, 2.05) is 66.7 Å². The Bertz CT molecular complexity index is 2990. The molecule has 0 atom stereocenters. The van der Waals surface area contributed by atoms with E-state index in [0.29, 0.717) is 0 Å². The van der Waals surface area contributed by atoms with Gasteiger partial charge in [-0.1, -0.05) is 78.9 Å². The Balaban J connectivity index is 1.17. The monoisotopic (exact) mass is 739 g/mol. The number of carboxylic acid groups (broad SMARTS) is 2. The van der Waals surface area contributed by atoms with Gasteiger partial charge < -0.3 is 24.2 Å². The fourth-order valence-electron chi connectivity index (χ4n) is 8.14. The Morgan fingerprint density at radius 1 is 0.368 bits per heavy atom. The van der Waals surface area contributed by atoms with Crippen molar-refractivity contribution in [3.8, 4) is 22.5 Å². The molecule has 7 nitrogen and oxygen atoms in total. The molecule has 0 radical (unpaired) electrons. The third-order valence-corrected chi connectivity index (χ3v) is 10.8. The minimum atomic E-state index is -0.956. The molecule has 0 aliphatic rings. The Kier molecular flexibility index (Phi) is 7.94. The molecule has 0 bridgehead atoms. The van der Waals surface area contributed by atoms with Crippen LogP contribution >= 0.6 is 0 Å². The van der Waals surface area contributed by atoms with E-state index in [2.05, 4.69) is 111 Å². The number of aromatic nitrogens is 2. The second-order valence-corrected chi connectivity index (χ2v) is 14.1. The van der Waals surface area contributed by atoms with E-state index in [1.165, 1.54) is 0 Å².